The number of hydrogen-bond donors (Lipinski definition) is 1. The zero-order chi connectivity index (χ0) is 25.6. The molecule has 1 unspecified atom stereocenters. The van der Waals surface area contributed by atoms with Crippen molar-refractivity contribution >= 4 is 66.1 Å². The summed E-state index contributed by atoms with van der Waals surface area (Å²) in [5.41, 5.74) is 1.90. The van der Waals surface area contributed by atoms with Crippen LogP contribution in [0.25, 0.3) is 10.1 Å². The molecule has 5 rings (SSSR count). The van der Waals surface area contributed by atoms with Crippen molar-refractivity contribution in [1.29, 1.82) is 0 Å². The summed E-state index contributed by atoms with van der Waals surface area (Å²) in [5.74, 6) is 0.924. The molecule has 1 aliphatic rings. The van der Waals surface area contributed by atoms with E-state index in [9.17, 15) is 13.2 Å². The average Bonchev–Trinajstić information content (AvgIpc) is 3.21. The van der Waals surface area contributed by atoms with Crippen LogP contribution in [0.1, 0.15) is 32.5 Å². The topological polar surface area (TPSA) is 94.6 Å². The van der Waals surface area contributed by atoms with Gasteiger partial charge in [-0.3, -0.25) is 4.79 Å². The molecule has 0 radical (unpaired) electrons. The fraction of sp³-hybridized carbons (Fsp3) is 0.200. The number of aryl methyl sites for hydroxylation is 1. The van der Waals surface area contributed by atoms with Crippen LogP contribution in [0, 0.1) is 6.92 Å². The molecule has 11 heteroatoms. The van der Waals surface area contributed by atoms with Crippen LogP contribution in [0.5, 0.6) is 17.4 Å². The van der Waals surface area contributed by atoms with Gasteiger partial charge >= 0.3 is 0 Å². The van der Waals surface area contributed by atoms with Crippen molar-refractivity contribution < 1.29 is 22.7 Å². The molecular weight excluding hydrogens is 543 g/mol. The molecule has 186 valence electrons. The largest absolute Gasteiger partial charge is 0.493 e. The summed E-state index contributed by atoms with van der Waals surface area (Å²) in [6, 6.07) is 13.7. The van der Waals surface area contributed by atoms with Crippen molar-refractivity contribution in [2.75, 3.05) is 18.2 Å². The van der Waals surface area contributed by atoms with Crippen LogP contribution in [0.15, 0.2) is 48.5 Å². The van der Waals surface area contributed by atoms with E-state index >= 15 is 0 Å². The minimum atomic E-state index is -3.29. The van der Waals surface area contributed by atoms with Gasteiger partial charge in [-0.25, -0.2) is 13.4 Å². The van der Waals surface area contributed by atoms with Gasteiger partial charge in [-0.2, -0.15) is 0 Å². The number of thiophene rings is 1. The number of nitrogens with zero attached hydrogens (tertiary/aromatic N) is 1. The van der Waals surface area contributed by atoms with Gasteiger partial charge in [-0.05, 0) is 54.3 Å². The zero-order valence-corrected chi connectivity index (χ0v) is 22.3. The molecule has 36 heavy (non-hydrogen) atoms. The molecule has 3 heterocycles. The molecule has 4 aromatic rings. The third-order valence-electron chi connectivity index (χ3n) is 5.77. The molecule has 7 nitrogen and oxygen atoms in total. The van der Waals surface area contributed by atoms with E-state index in [4.69, 9.17) is 32.7 Å². The number of halogens is 2. The first kappa shape index (κ1) is 24.8. The fourth-order valence-electron chi connectivity index (χ4n) is 4.04. The Morgan fingerprint density at radius 2 is 1.97 bits per heavy atom. The minimum absolute atomic E-state index is 0.149. The first-order chi connectivity index (χ1) is 17.1. The number of benzene rings is 2. The number of fused-ring (bicyclic) bond motifs is 2. The molecule has 1 aliphatic heterocycles. The summed E-state index contributed by atoms with van der Waals surface area (Å²) in [7, 11) is -3.29. The Labute approximate surface area is 221 Å². The lowest BCUT2D eigenvalue weighted by atomic mass is 10.0. The molecule has 2 aromatic heterocycles. The van der Waals surface area contributed by atoms with Crippen LogP contribution in [-0.4, -0.2) is 32.2 Å². The number of amides is 1. The number of carbonyl (C=O) groups excluding carboxylic acids is 1. The Morgan fingerprint density at radius 1 is 1.17 bits per heavy atom. The lowest BCUT2D eigenvalue weighted by Gasteiger charge is -2.24. The van der Waals surface area contributed by atoms with Crippen LogP contribution in [0.2, 0.25) is 10.2 Å². The molecular formula is C25H20Cl2N2O5S2. The monoisotopic (exact) mass is 562 g/mol. The summed E-state index contributed by atoms with van der Waals surface area (Å²) in [6.45, 7) is 2.21. The predicted molar refractivity (Wildman–Crippen MR) is 143 cm³/mol. The van der Waals surface area contributed by atoms with Crippen LogP contribution < -0.4 is 14.8 Å². The number of nitrogens with one attached hydrogen (secondary N) is 1. The molecule has 0 fully saturated rings. The summed E-state index contributed by atoms with van der Waals surface area (Å²) in [4.78, 5) is 17.7. The molecule has 1 N–H and O–H groups in total. The van der Waals surface area contributed by atoms with Crippen LogP contribution in [0.3, 0.4) is 0 Å². The van der Waals surface area contributed by atoms with Crippen LogP contribution >= 0.6 is 34.5 Å². The summed E-state index contributed by atoms with van der Waals surface area (Å²) >= 11 is 13.5. The van der Waals surface area contributed by atoms with Gasteiger partial charge in [0.1, 0.15) is 16.7 Å². The molecule has 0 saturated heterocycles. The van der Waals surface area contributed by atoms with Gasteiger partial charge in [-0.1, -0.05) is 29.3 Å². The lowest BCUT2D eigenvalue weighted by molar-refractivity contribution is 0.103. The Hall–Kier alpha value is -2.85. The second-order valence-electron chi connectivity index (χ2n) is 8.48. The first-order valence-electron chi connectivity index (χ1n) is 10.9. The Bertz CT molecular complexity index is 1620. The van der Waals surface area contributed by atoms with Crippen molar-refractivity contribution in [3.63, 3.8) is 0 Å². The van der Waals surface area contributed by atoms with Crippen molar-refractivity contribution in [2.24, 2.45) is 0 Å². The Kier molecular flexibility index (Phi) is 6.59. The quantitative estimate of drug-likeness (QED) is 0.268. The van der Waals surface area contributed by atoms with E-state index in [0.29, 0.717) is 45.7 Å². The third-order valence-corrected chi connectivity index (χ3v) is 8.82. The van der Waals surface area contributed by atoms with Gasteiger partial charge in [0.25, 0.3) is 5.91 Å². The van der Waals surface area contributed by atoms with Crippen molar-refractivity contribution in [3.8, 4) is 17.4 Å². The van der Waals surface area contributed by atoms with Gasteiger partial charge in [-0.15, -0.1) is 11.3 Å². The molecule has 2 aromatic carbocycles. The highest BCUT2D eigenvalue weighted by molar-refractivity contribution is 7.90. The van der Waals surface area contributed by atoms with E-state index in [-0.39, 0.29) is 16.9 Å². The molecule has 1 amide bonds. The fourth-order valence-corrected chi connectivity index (χ4v) is 6.54. The second kappa shape index (κ2) is 9.55. The number of anilines is 1. The second-order valence-corrected chi connectivity index (χ2v) is 12.6. The maximum Gasteiger partial charge on any atom is 0.265 e. The van der Waals surface area contributed by atoms with Crippen molar-refractivity contribution in [3.05, 3.63) is 74.7 Å². The van der Waals surface area contributed by atoms with Gasteiger partial charge in [0.05, 0.1) is 16.7 Å². The predicted octanol–water partition coefficient (Wildman–Crippen LogP) is 6.82. The maximum absolute atomic E-state index is 13.1. The van der Waals surface area contributed by atoms with Crippen LogP contribution in [0.4, 0.5) is 5.69 Å². The van der Waals surface area contributed by atoms with Crippen LogP contribution in [-0.2, 0) is 9.84 Å². The van der Waals surface area contributed by atoms with Gasteiger partial charge in [0.15, 0.2) is 9.84 Å². The molecule has 0 spiro atoms. The van der Waals surface area contributed by atoms with Gasteiger partial charge < -0.3 is 14.8 Å². The number of hydrogen-bond acceptors (Lipinski definition) is 7. The first-order valence-corrected chi connectivity index (χ1v) is 14.4. The van der Waals surface area contributed by atoms with E-state index < -0.39 is 15.1 Å². The van der Waals surface area contributed by atoms with E-state index in [1.807, 2.05) is 13.0 Å². The molecule has 0 aliphatic carbocycles. The van der Waals surface area contributed by atoms with E-state index in [2.05, 4.69) is 10.3 Å². The highest BCUT2D eigenvalue weighted by atomic mass is 35.5. The number of rotatable bonds is 5. The van der Waals surface area contributed by atoms with E-state index in [0.717, 1.165) is 15.6 Å². The number of carbonyl (C=O) groups is 1. The lowest BCUT2D eigenvalue weighted by Crippen LogP contribution is -2.20. The maximum atomic E-state index is 13.1. The standard InChI is InChI=1S/C25H20Cl2N2O5S2/c1-13-3-4-15(26)9-18(13)34-24-11-16(10-23(27)29-24)28-25(30)21-8-14-7-17-19(12-20(14)35-21)33-6-5-22(17)36(2,31)32/h3-4,7-12,22H,5-6H2,1-2H3,(H,28,29,30). The smallest absolute Gasteiger partial charge is 0.265 e. The van der Waals surface area contributed by atoms with Gasteiger partial charge in [0.2, 0.25) is 5.88 Å². The van der Waals surface area contributed by atoms with E-state index in [1.165, 1.54) is 23.7 Å². The Balaban J connectivity index is 1.41. The highest BCUT2D eigenvalue weighted by Crippen LogP contribution is 2.41. The normalized spacial score (nSPS) is 15.3. The Morgan fingerprint density at radius 3 is 2.75 bits per heavy atom. The zero-order valence-electron chi connectivity index (χ0n) is 19.2. The number of pyridine rings is 1. The highest BCUT2D eigenvalue weighted by Gasteiger charge is 2.30. The van der Waals surface area contributed by atoms with Crippen molar-refractivity contribution in [2.45, 2.75) is 18.6 Å². The molecule has 0 bridgehead atoms. The summed E-state index contributed by atoms with van der Waals surface area (Å²) < 4.78 is 36.9. The summed E-state index contributed by atoms with van der Waals surface area (Å²) in [6.07, 6.45) is 1.63. The van der Waals surface area contributed by atoms with Gasteiger partial charge in [0, 0.05) is 39.7 Å². The molecule has 1 atom stereocenters. The third kappa shape index (κ3) is 5.15. The number of aromatic nitrogens is 1. The van der Waals surface area contributed by atoms with E-state index in [1.54, 1.807) is 36.4 Å². The SMILES string of the molecule is Cc1ccc(Cl)cc1Oc1cc(NC(=O)c2cc3cc4c(cc3s2)OCCC4S(C)(=O)=O)cc(Cl)n1. The molecule has 0 saturated carbocycles. The minimum Gasteiger partial charge on any atom is -0.493 e. The average molecular weight is 563 g/mol. The van der Waals surface area contributed by atoms with Crippen molar-refractivity contribution in [1.82, 2.24) is 4.98 Å². The number of sulfone groups is 1. The summed E-state index contributed by atoms with van der Waals surface area (Å²) in [5, 5.41) is 3.65. The number of ether oxygens (including phenoxy) is 2.